The minimum absolute atomic E-state index is 0.321. The van der Waals surface area contributed by atoms with Crippen LogP contribution in [0.3, 0.4) is 0 Å². The van der Waals surface area contributed by atoms with E-state index in [1.54, 1.807) is 12.3 Å². The van der Waals surface area contributed by atoms with Gasteiger partial charge in [-0.25, -0.2) is 14.4 Å². The van der Waals surface area contributed by atoms with Gasteiger partial charge >= 0.3 is 0 Å². The summed E-state index contributed by atoms with van der Waals surface area (Å²) in [5, 5.41) is 9.70. The van der Waals surface area contributed by atoms with Crippen molar-refractivity contribution in [3.05, 3.63) is 76.9 Å². The summed E-state index contributed by atoms with van der Waals surface area (Å²) in [5.41, 5.74) is 2.85. The molecule has 0 unspecified atom stereocenters. The average Bonchev–Trinajstić information content (AvgIpc) is 2.81. The number of nitrogens with one attached hydrogen (secondary N) is 1. The van der Waals surface area contributed by atoms with Crippen molar-refractivity contribution in [2.45, 2.75) is 32.8 Å². The maximum absolute atomic E-state index is 15.1. The van der Waals surface area contributed by atoms with Crippen molar-refractivity contribution in [1.82, 2.24) is 9.97 Å². The van der Waals surface area contributed by atoms with E-state index in [1.807, 2.05) is 61.4 Å². The van der Waals surface area contributed by atoms with Crippen LogP contribution in [0.2, 0.25) is 0 Å². The van der Waals surface area contributed by atoms with Crippen molar-refractivity contribution >= 4 is 23.6 Å². The van der Waals surface area contributed by atoms with Crippen LogP contribution >= 0.6 is 11.9 Å². The normalized spacial score (nSPS) is 13.8. The van der Waals surface area contributed by atoms with Crippen LogP contribution in [0.1, 0.15) is 43.2 Å². The minimum atomic E-state index is -0.489. The molecule has 0 radical (unpaired) electrons. The summed E-state index contributed by atoms with van der Waals surface area (Å²) >= 11 is 1.43. The first-order chi connectivity index (χ1) is 16.3. The van der Waals surface area contributed by atoms with Gasteiger partial charge in [0.25, 0.3) is 0 Å². The van der Waals surface area contributed by atoms with Gasteiger partial charge in [0.05, 0.1) is 16.9 Å². The number of halogens is 1. The Kier molecular flexibility index (Phi) is 6.94. The lowest BCUT2D eigenvalue weighted by Gasteiger charge is -2.40. The molecule has 34 heavy (non-hydrogen) atoms. The molecule has 0 amide bonds. The number of hydrogen-bond donors (Lipinski definition) is 1. The molecule has 0 atom stereocenters. The smallest absolute Gasteiger partial charge is 0.233 e. The second-order valence-electron chi connectivity index (χ2n) is 9.09. The Bertz CT molecular complexity index is 1200. The molecule has 1 aromatic heterocycles. The highest BCUT2D eigenvalue weighted by molar-refractivity contribution is 7.99. The predicted octanol–water partition coefficient (Wildman–Crippen LogP) is 5.54. The van der Waals surface area contributed by atoms with E-state index < -0.39 is 5.41 Å². The van der Waals surface area contributed by atoms with Gasteiger partial charge in [0.1, 0.15) is 24.2 Å². The van der Waals surface area contributed by atoms with E-state index in [-0.39, 0.29) is 5.82 Å². The largest absolute Gasteiger partial charge is 0.487 e. The minimum Gasteiger partial charge on any atom is -0.487 e. The van der Waals surface area contributed by atoms with Gasteiger partial charge in [0.2, 0.25) is 5.95 Å². The fraction of sp³-hybridized carbons (Fsp3) is 0.346. The van der Waals surface area contributed by atoms with Gasteiger partial charge in [0, 0.05) is 31.0 Å². The van der Waals surface area contributed by atoms with Gasteiger partial charge in [-0.1, -0.05) is 44.9 Å². The molecule has 0 bridgehead atoms. The van der Waals surface area contributed by atoms with E-state index in [4.69, 9.17) is 4.74 Å². The van der Waals surface area contributed by atoms with Gasteiger partial charge < -0.3 is 9.64 Å². The molecule has 1 aliphatic heterocycles. The molecule has 176 valence electrons. The van der Waals surface area contributed by atoms with E-state index in [9.17, 15) is 5.26 Å². The van der Waals surface area contributed by atoms with Crippen LogP contribution in [0.25, 0.3) is 0 Å². The summed E-state index contributed by atoms with van der Waals surface area (Å²) in [4.78, 5) is 10.5. The van der Waals surface area contributed by atoms with E-state index >= 15 is 4.39 Å². The summed E-state index contributed by atoms with van der Waals surface area (Å²) in [7, 11) is 0. The highest BCUT2D eigenvalue weighted by atomic mass is 32.2. The number of benzene rings is 2. The second kappa shape index (κ2) is 9.90. The first kappa shape index (κ1) is 23.8. The molecule has 2 aromatic carbocycles. The van der Waals surface area contributed by atoms with E-state index in [0.717, 1.165) is 29.9 Å². The third-order valence-corrected chi connectivity index (χ3v) is 6.54. The quantitative estimate of drug-likeness (QED) is 0.427. The Labute approximate surface area is 204 Å². The monoisotopic (exact) mass is 477 g/mol. The summed E-state index contributed by atoms with van der Waals surface area (Å²) in [5.74, 6) is 1.44. The Hall–Kier alpha value is -3.31. The molecule has 2 heterocycles. The highest BCUT2D eigenvalue weighted by Crippen LogP contribution is 2.38. The third kappa shape index (κ3) is 4.95. The number of aromatic nitrogens is 2. The van der Waals surface area contributed by atoms with E-state index in [2.05, 4.69) is 27.7 Å². The molecular weight excluding hydrogens is 449 g/mol. The van der Waals surface area contributed by atoms with Gasteiger partial charge in [-0.2, -0.15) is 5.26 Å². The molecule has 1 saturated heterocycles. The van der Waals surface area contributed by atoms with Crippen LogP contribution in [0.15, 0.2) is 48.7 Å². The summed E-state index contributed by atoms with van der Waals surface area (Å²) in [6.07, 6.45) is 3.60. The van der Waals surface area contributed by atoms with Crippen LogP contribution in [0.4, 0.5) is 16.0 Å². The van der Waals surface area contributed by atoms with Crippen molar-refractivity contribution in [2.75, 3.05) is 29.0 Å². The maximum atomic E-state index is 15.1. The van der Waals surface area contributed by atoms with Crippen molar-refractivity contribution in [1.29, 1.82) is 5.26 Å². The Morgan fingerprint density at radius 3 is 2.59 bits per heavy atom. The van der Waals surface area contributed by atoms with Crippen LogP contribution in [0.5, 0.6) is 5.75 Å². The van der Waals surface area contributed by atoms with Crippen LogP contribution < -0.4 is 14.4 Å². The zero-order valence-electron chi connectivity index (χ0n) is 19.8. The molecular formula is C26H28FN5OS. The zero-order chi connectivity index (χ0) is 24.3. The van der Waals surface area contributed by atoms with Gasteiger partial charge in [0.15, 0.2) is 0 Å². The first-order valence-electron chi connectivity index (χ1n) is 11.1. The molecule has 6 nitrogen and oxygen atoms in total. The van der Waals surface area contributed by atoms with Gasteiger partial charge in [-0.05, 0) is 47.4 Å². The lowest BCUT2D eigenvalue weighted by Crippen LogP contribution is -2.46. The fourth-order valence-electron chi connectivity index (χ4n) is 4.16. The summed E-state index contributed by atoms with van der Waals surface area (Å²) in [6.45, 7) is 8.07. The SMILES string of the molecule is CSNc1nccc(COc2ccc(C(C)(C)c3cc(F)c(N4CC(C)C4)c(C#N)c3)cc2)n1. The predicted molar refractivity (Wildman–Crippen MR) is 135 cm³/mol. The zero-order valence-corrected chi connectivity index (χ0v) is 20.6. The average molecular weight is 478 g/mol. The van der Waals surface area contributed by atoms with Crippen molar-refractivity contribution < 1.29 is 9.13 Å². The molecule has 4 rings (SSSR count). The molecule has 0 aliphatic carbocycles. The van der Waals surface area contributed by atoms with E-state index in [0.29, 0.717) is 35.5 Å². The number of hydrogen-bond acceptors (Lipinski definition) is 7. The maximum Gasteiger partial charge on any atom is 0.233 e. The molecule has 3 aromatic rings. The van der Waals surface area contributed by atoms with Gasteiger partial charge in [-0.3, -0.25) is 4.72 Å². The molecule has 0 saturated carbocycles. The Morgan fingerprint density at radius 1 is 1.21 bits per heavy atom. The molecule has 1 aliphatic rings. The Balaban J connectivity index is 1.50. The molecule has 0 spiro atoms. The molecule has 8 heteroatoms. The number of rotatable bonds is 8. The van der Waals surface area contributed by atoms with E-state index in [1.165, 1.54) is 11.9 Å². The van der Waals surface area contributed by atoms with Gasteiger partial charge in [-0.15, -0.1) is 0 Å². The summed E-state index contributed by atoms with van der Waals surface area (Å²) < 4.78 is 24.0. The standard InChI is InChI=1S/C26H28FN5OS/c1-17-14-32(15-17)24-18(13-28)11-20(12-23(24)27)26(2,3)19-5-7-22(8-6-19)33-16-21-9-10-29-25(30-21)31-34-4/h5-12,17H,14-16H2,1-4H3,(H,29,30,31). The van der Waals surface area contributed by atoms with Crippen molar-refractivity contribution in [3.63, 3.8) is 0 Å². The number of nitrogens with zero attached hydrogens (tertiary/aromatic N) is 4. The topological polar surface area (TPSA) is 74.1 Å². The Morgan fingerprint density at radius 2 is 1.94 bits per heavy atom. The lowest BCUT2D eigenvalue weighted by atomic mass is 9.77. The van der Waals surface area contributed by atoms with Crippen molar-refractivity contribution in [3.8, 4) is 11.8 Å². The lowest BCUT2D eigenvalue weighted by molar-refractivity contribution is 0.301. The fourth-order valence-corrected chi connectivity index (χ4v) is 4.44. The highest BCUT2D eigenvalue weighted by Gasteiger charge is 2.31. The van der Waals surface area contributed by atoms with Crippen LogP contribution in [-0.2, 0) is 12.0 Å². The van der Waals surface area contributed by atoms with Crippen molar-refractivity contribution in [2.24, 2.45) is 5.92 Å². The number of anilines is 2. The number of ether oxygens (including phenoxy) is 1. The first-order valence-corrected chi connectivity index (χ1v) is 12.4. The number of nitriles is 1. The molecule has 1 N–H and O–H groups in total. The third-order valence-electron chi connectivity index (χ3n) is 6.16. The summed E-state index contributed by atoms with van der Waals surface area (Å²) in [6, 6.07) is 15.2. The molecule has 1 fully saturated rings. The van der Waals surface area contributed by atoms with Crippen LogP contribution in [0, 0.1) is 23.1 Å². The second-order valence-corrected chi connectivity index (χ2v) is 9.70. The van der Waals surface area contributed by atoms with Crippen LogP contribution in [-0.4, -0.2) is 29.3 Å².